The van der Waals surface area contributed by atoms with Crippen molar-refractivity contribution in [3.8, 4) is 10.7 Å². The van der Waals surface area contributed by atoms with Gasteiger partial charge in [0.05, 0.1) is 0 Å². The summed E-state index contributed by atoms with van der Waals surface area (Å²) in [5.41, 5.74) is 0.892. The lowest BCUT2D eigenvalue weighted by Gasteiger charge is -1.85. The second kappa shape index (κ2) is 2.67. The van der Waals surface area contributed by atoms with Crippen LogP contribution in [0, 0.1) is 6.92 Å². The second-order valence-electron chi connectivity index (χ2n) is 2.50. The van der Waals surface area contributed by atoms with Crippen LogP contribution in [0.5, 0.6) is 0 Å². The molecule has 0 radical (unpaired) electrons. The van der Waals surface area contributed by atoms with Gasteiger partial charge in [0.2, 0.25) is 0 Å². The Labute approximate surface area is 73.9 Å². The topological polar surface area (TPSA) is 43.6 Å². The van der Waals surface area contributed by atoms with Crippen molar-refractivity contribution in [2.45, 2.75) is 6.92 Å². The molecule has 62 valence electrons. The fourth-order valence-electron chi connectivity index (χ4n) is 0.929. The lowest BCUT2D eigenvalue weighted by Crippen LogP contribution is -1.87. The number of rotatable bonds is 1. The Balaban J connectivity index is 2.43. The Hall–Kier alpha value is -1.23. The van der Waals surface area contributed by atoms with Crippen LogP contribution in [0.25, 0.3) is 10.7 Å². The SMILES string of the molecule is Cc1nnc(-c2ccn(C)n2)s1. The molecule has 12 heavy (non-hydrogen) atoms. The average molecular weight is 180 g/mol. The molecule has 0 aliphatic heterocycles. The molecule has 0 saturated carbocycles. The second-order valence-corrected chi connectivity index (χ2v) is 3.68. The Kier molecular flexibility index (Phi) is 1.65. The van der Waals surface area contributed by atoms with Gasteiger partial charge in [-0.25, -0.2) is 0 Å². The van der Waals surface area contributed by atoms with Crippen molar-refractivity contribution in [3.05, 3.63) is 17.3 Å². The van der Waals surface area contributed by atoms with E-state index in [2.05, 4.69) is 15.3 Å². The molecule has 0 bridgehead atoms. The molecule has 0 aromatic carbocycles. The number of hydrogen-bond acceptors (Lipinski definition) is 4. The maximum absolute atomic E-state index is 4.22. The van der Waals surface area contributed by atoms with Crippen LogP contribution >= 0.6 is 11.3 Å². The highest BCUT2D eigenvalue weighted by molar-refractivity contribution is 7.14. The van der Waals surface area contributed by atoms with Gasteiger partial charge in [0.1, 0.15) is 10.7 Å². The first-order valence-electron chi connectivity index (χ1n) is 3.56. The molecule has 0 aliphatic rings. The van der Waals surface area contributed by atoms with Crippen LogP contribution in [0.2, 0.25) is 0 Å². The van der Waals surface area contributed by atoms with E-state index >= 15 is 0 Å². The van der Waals surface area contributed by atoms with Crippen LogP contribution in [-0.4, -0.2) is 20.0 Å². The van der Waals surface area contributed by atoms with E-state index in [-0.39, 0.29) is 0 Å². The predicted octanol–water partition coefficient (Wildman–Crippen LogP) is 1.25. The van der Waals surface area contributed by atoms with E-state index in [4.69, 9.17) is 0 Å². The molecule has 4 nitrogen and oxygen atoms in total. The van der Waals surface area contributed by atoms with Gasteiger partial charge in [-0.1, -0.05) is 11.3 Å². The number of hydrogen-bond donors (Lipinski definition) is 0. The third-order valence-corrected chi connectivity index (χ3v) is 2.32. The van der Waals surface area contributed by atoms with E-state index in [0.717, 1.165) is 15.7 Å². The molecule has 0 unspecified atom stereocenters. The monoisotopic (exact) mass is 180 g/mol. The van der Waals surface area contributed by atoms with E-state index in [1.807, 2.05) is 26.2 Å². The first kappa shape index (κ1) is 7.42. The maximum atomic E-state index is 4.22. The Morgan fingerprint density at radius 1 is 1.42 bits per heavy atom. The predicted molar refractivity (Wildman–Crippen MR) is 46.8 cm³/mol. The molecule has 0 amide bonds. The molecule has 2 aromatic heterocycles. The Morgan fingerprint density at radius 2 is 2.25 bits per heavy atom. The van der Waals surface area contributed by atoms with Gasteiger partial charge in [0.15, 0.2) is 5.01 Å². The van der Waals surface area contributed by atoms with Gasteiger partial charge in [-0.2, -0.15) is 5.10 Å². The molecule has 0 saturated heterocycles. The summed E-state index contributed by atoms with van der Waals surface area (Å²) in [5, 5.41) is 14.0. The van der Waals surface area contributed by atoms with Crippen molar-refractivity contribution in [2.24, 2.45) is 7.05 Å². The van der Waals surface area contributed by atoms with Crippen molar-refractivity contribution in [3.63, 3.8) is 0 Å². The van der Waals surface area contributed by atoms with Crippen LogP contribution < -0.4 is 0 Å². The van der Waals surface area contributed by atoms with E-state index in [0.29, 0.717) is 0 Å². The molecule has 0 N–H and O–H groups in total. The summed E-state index contributed by atoms with van der Waals surface area (Å²) >= 11 is 1.56. The van der Waals surface area contributed by atoms with Crippen LogP contribution in [-0.2, 0) is 7.05 Å². The van der Waals surface area contributed by atoms with Crippen LogP contribution in [0.1, 0.15) is 5.01 Å². The molecule has 0 aliphatic carbocycles. The van der Waals surface area contributed by atoms with Crippen molar-refractivity contribution in [1.82, 2.24) is 20.0 Å². The zero-order valence-electron chi connectivity index (χ0n) is 6.85. The summed E-state index contributed by atoms with van der Waals surface area (Å²) in [5.74, 6) is 0. The van der Waals surface area contributed by atoms with Gasteiger partial charge in [0, 0.05) is 13.2 Å². The van der Waals surface area contributed by atoms with E-state index in [1.165, 1.54) is 0 Å². The Bertz CT molecular complexity index is 351. The highest BCUT2D eigenvalue weighted by Crippen LogP contribution is 2.20. The summed E-state index contributed by atoms with van der Waals surface area (Å²) in [6.07, 6.45) is 1.89. The Morgan fingerprint density at radius 3 is 2.75 bits per heavy atom. The fraction of sp³-hybridized carbons (Fsp3) is 0.286. The molecular formula is C7H8N4S. The van der Waals surface area contributed by atoms with E-state index in [1.54, 1.807) is 16.0 Å². The van der Waals surface area contributed by atoms with E-state index in [9.17, 15) is 0 Å². The normalized spacial score (nSPS) is 10.5. The summed E-state index contributed by atoms with van der Waals surface area (Å²) in [4.78, 5) is 0. The minimum atomic E-state index is 0.883. The van der Waals surface area contributed by atoms with Crippen molar-refractivity contribution < 1.29 is 0 Å². The quantitative estimate of drug-likeness (QED) is 0.663. The van der Waals surface area contributed by atoms with Crippen molar-refractivity contribution >= 4 is 11.3 Å². The van der Waals surface area contributed by atoms with Crippen molar-refractivity contribution in [2.75, 3.05) is 0 Å². The third kappa shape index (κ3) is 1.23. The zero-order valence-corrected chi connectivity index (χ0v) is 7.67. The summed E-state index contributed by atoms with van der Waals surface area (Å²) < 4.78 is 1.76. The molecule has 0 spiro atoms. The number of aromatic nitrogens is 4. The molecule has 2 heterocycles. The number of nitrogens with zero attached hydrogens (tertiary/aromatic N) is 4. The van der Waals surface area contributed by atoms with Gasteiger partial charge in [-0.05, 0) is 13.0 Å². The van der Waals surface area contributed by atoms with Crippen LogP contribution in [0.4, 0.5) is 0 Å². The first-order valence-corrected chi connectivity index (χ1v) is 4.37. The lowest BCUT2D eigenvalue weighted by molar-refractivity contribution is 0.770. The highest BCUT2D eigenvalue weighted by Gasteiger charge is 2.05. The van der Waals surface area contributed by atoms with Gasteiger partial charge >= 0.3 is 0 Å². The molecule has 2 rings (SSSR count). The smallest absolute Gasteiger partial charge is 0.168 e. The van der Waals surface area contributed by atoms with Gasteiger partial charge in [0.25, 0.3) is 0 Å². The summed E-state index contributed by atoms with van der Waals surface area (Å²) in [7, 11) is 1.89. The molecule has 0 atom stereocenters. The molecular weight excluding hydrogens is 172 g/mol. The maximum Gasteiger partial charge on any atom is 0.168 e. The standard InChI is InChI=1S/C7H8N4S/c1-5-8-9-7(12-5)6-3-4-11(2)10-6/h3-4H,1-2H3. The van der Waals surface area contributed by atoms with Gasteiger partial charge in [-0.15, -0.1) is 10.2 Å². The lowest BCUT2D eigenvalue weighted by atomic mass is 10.5. The highest BCUT2D eigenvalue weighted by atomic mass is 32.1. The van der Waals surface area contributed by atoms with Crippen LogP contribution in [0.3, 0.4) is 0 Å². The zero-order chi connectivity index (χ0) is 8.55. The first-order chi connectivity index (χ1) is 5.75. The summed E-state index contributed by atoms with van der Waals surface area (Å²) in [6.45, 7) is 1.93. The largest absolute Gasteiger partial charge is 0.275 e. The van der Waals surface area contributed by atoms with Crippen LogP contribution in [0.15, 0.2) is 12.3 Å². The minimum absolute atomic E-state index is 0.883. The average Bonchev–Trinajstić information content (AvgIpc) is 2.58. The van der Waals surface area contributed by atoms with Crippen molar-refractivity contribution in [1.29, 1.82) is 0 Å². The molecule has 2 aromatic rings. The van der Waals surface area contributed by atoms with Gasteiger partial charge in [-0.3, -0.25) is 4.68 Å². The summed E-state index contributed by atoms with van der Waals surface area (Å²) in [6, 6.07) is 1.93. The molecule has 5 heteroatoms. The number of aryl methyl sites for hydroxylation is 2. The third-order valence-electron chi connectivity index (χ3n) is 1.46. The minimum Gasteiger partial charge on any atom is -0.275 e. The van der Waals surface area contributed by atoms with Gasteiger partial charge < -0.3 is 0 Å². The fourth-order valence-corrected chi connectivity index (χ4v) is 1.59. The molecule has 0 fully saturated rings. The van der Waals surface area contributed by atoms with E-state index < -0.39 is 0 Å².